The first-order valence-electron chi connectivity index (χ1n) is 9.95. The number of amides is 2. The van der Waals surface area contributed by atoms with E-state index < -0.39 is 11.3 Å². The fourth-order valence-electron chi connectivity index (χ4n) is 4.00. The molecule has 0 aromatic heterocycles. The number of likely N-dealkylation sites (tertiary alicyclic amines) is 1. The maximum absolute atomic E-state index is 13.2. The smallest absolute Gasteiger partial charge is 0.253 e. The third-order valence-electron chi connectivity index (χ3n) is 5.32. The molecule has 1 heterocycles. The number of carbonyl (C=O) groups is 2. The van der Waals surface area contributed by atoms with E-state index in [1.807, 2.05) is 30.3 Å². The van der Waals surface area contributed by atoms with Gasteiger partial charge in [-0.05, 0) is 48.7 Å². The molecule has 1 aliphatic rings. The number of nitrogens with two attached hydrogens (primary N) is 1. The van der Waals surface area contributed by atoms with Crippen molar-refractivity contribution in [2.45, 2.75) is 25.9 Å². The van der Waals surface area contributed by atoms with E-state index in [0.29, 0.717) is 36.0 Å². The molecule has 0 saturated carbocycles. The first-order chi connectivity index (χ1) is 14.4. The molecule has 6 nitrogen and oxygen atoms in total. The fourth-order valence-corrected chi connectivity index (χ4v) is 4.18. The number of rotatable bonds is 8. The lowest BCUT2D eigenvalue weighted by atomic mass is 9.77. The van der Waals surface area contributed by atoms with Crippen LogP contribution in [-0.4, -0.2) is 43.5 Å². The third-order valence-corrected chi connectivity index (χ3v) is 5.56. The molecule has 0 unspecified atom stereocenters. The van der Waals surface area contributed by atoms with Crippen molar-refractivity contribution in [3.8, 4) is 5.75 Å². The first kappa shape index (κ1) is 22.1. The Bertz CT molecular complexity index is 904. The molecule has 1 aliphatic heterocycles. The van der Waals surface area contributed by atoms with E-state index in [-0.39, 0.29) is 18.9 Å². The van der Waals surface area contributed by atoms with Crippen molar-refractivity contribution in [1.29, 1.82) is 0 Å². The normalized spacial score (nSPS) is 18.8. The number of primary amides is 1. The Morgan fingerprint density at radius 3 is 2.73 bits per heavy atom. The van der Waals surface area contributed by atoms with Gasteiger partial charge in [0.25, 0.3) is 5.91 Å². The van der Waals surface area contributed by atoms with Gasteiger partial charge in [0.05, 0.1) is 13.2 Å². The Morgan fingerprint density at radius 1 is 1.20 bits per heavy atom. The highest BCUT2D eigenvalue weighted by Crippen LogP contribution is 2.35. The zero-order chi connectivity index (χ0) is 21.6. The molecule has 0 spiro atoms. The second-order valence-corrected chi connectivity index (χ2v) is 8.29. The minimum absolute atomic E-state index is 0.0655. The van der Waals surface area contributed by atoms with Crippen molar-refractivity contribution in [3.63, 3.8) is 0 Å². The fraction of sp³-hybridized carbons (Fsp3) is 0.391. The minimum Gasteiger partial charge on any atom is -0.493 e. The number of hydrogen-bond acceptors (Lipinski definition) is 4. The summed E-state index contributed by atoms with van der Waals surface area (Å²) in [6.45, 7) is 1.76. The van der Waals surface area contributed by atoms with Gasteiger partial charge < -0.3 is 20.1 Å². The highest BCUT2D eigenvalue weighted by Gasteiger charge is 2.39. The van der Waals surface area contributed by atoms with E-state index in [1.165, 1.54) is 0 Å². The SMILES string of the molecule is COCc1cccc(C(=O)N2CCC[C@@](COc3cccc(Cl)c3)(CC(N)=O)C2)c1. The topological polar surface area (TPSA) is 81.9 Å². The largest absolute Gasteiger partial charge is 0.493 e. The van der Waals surface area contributed by atoms with Gasteiger partial charge in [0.1, 0.15) is 5.75 Å². The van der Waals surface area contributed by atoms with Crippen molar-refractivity contribution in [2.75, 3.05) is 26.8 Å². The standard InChI is InChI=1S/C23H27ClN2O4/c1-29-14-17-5-2-6-18(11-17)22(28)26-10-4-9-23(15-26,13-21(25)27)16-30-20-8-3-7-19(24)12-20/h2-3,5-8,11-12H,4,9-10,13-16H2,1H3,(H2,25,27)/t23-/m1/s1. The molecule has 2 aromatic carbocycles. The summed E-state index contributed by atoms with van der Waals surface area (Å²) in [5.74, 6) is 0.160. The molecule has 2 amide bonds. The Kier molecular flexibility index (Phi) is 7.34. The summed E-state index contributed by atoms with van der Waals surface area (Å²) in [4.78, 5) is 26.8. The molecule has 0 aliphatic carbocycles. The van der Waals surface area contributed by atoms with Crippen LogP contribution in [0, 0.1) is 5.41 Å². The maximum atomic E-state index is 13.2. The monoisotopic (exact) mass is 430 g/mol. The molecule has 1 saturated heterocycles. The molecule has 2 aromatic rings. The molecule has 1 fully saturated rings. The number of ether oxygens (including phenoxy) is 2. The molecule has 30 heavy (non-hydrogen) atoms. The van der Waals surface area contributed by atoms with Crippen LogP contribution in [0.5, 0.6) is 5.75 Å². The summed E-state index contributed by atoms with van der Waals surface area (Å²) in [5.41, 5.74) is 6.56. The van der Waals surface area contributed by atoms with Crippen LogP contribution in [0.2, 0.25) is 5.02 Å². The average molecular weight is 431 g/mol. The highest BCUT2D eigenvalue weighted by molar-refractivity contribution is 6.30. The van der Waals surface area contributed by atoms with Crippen LogP contribution in [-0.2, 0) is 16.1 Å². The second kappa shape index (κ2) is 9.96. The molecule has 160 valence electrons. The van der Waals surface area contributed by atoms with Crippen LogP contribution in [0.15, 0.2) is 48.5 Å². The summed E-state index contributed by atoms with van der Waals surface area (Å²) >= 11 is 6.04. The van der Waals surface area contributed by atoms with Crippen LogP contribution < -0.4 is 10.5 Å². The lowest BCUT2D eigenvalue weighted by Gasteiger charge is -2.42. The molecule has 7 heteroatoms. The van der Waals surface area contributed by atoms with E-state index in [2.05, 4.69) is 0 Å². The van der Waals surface area contributed by atoms with Gasteiger partial charge in [-0.1, -0.05) is 29.8 Å². The minimum atomic E-state index is -0.536. The van der Waals surface area contributed by atoms with Crippen molar-refractivity contribution >= 4 is 23.4 Å². The van der Waals surface area contributed by atoms with Gasteiger partial charge in [-0.2, -0.15) is 0 Å². The summed E-state index contributed by atoms with van der Waals surface area (Å²) in [6.07, 6.45) is 1.68. The van der Waals surface area contributed by atoms with E-state index in [4.69, 9.17) is 26.8 Å². The molecular formula is C23H27ClN2O4. The number of benzene rings is 2. The zero-order valence-corrected chi connectivity index (χ0v) is 17.9. The van der Waals surface area contributed by atoms with Crippen molar-refractivity contribution in [2.24, 2.45) is 11.1 Å². The second-order valence-electron chi connectivity index (χ2n) is 7.85. The molecule has 0 radical (unpaired) electrons. The van der Waals surface area contributed by atoms with Crippen LogP contribution >= 0.6 is 11.6 Å². The zero-order valence-electron chi connectivity index (χ0n) is 17.1. The lowest BCUT2D eigenvalue weighted by molar-refractivity contribution is -0.122. The summed E-state index contributed by atoms with van der Waals surface area (Å²) in [6, 6.07) is 14.5. The van der Waals surface area contributed by atoms with Crippen molar-refractivity contribution in [1.82, 2.24) is 4.90 Å². The molecular weight excluding hydrogens is 404 g/mol. The van der Waals surface area contributed by atoms with Gasteiger partial charge in [-0.3, -0.25) is 9.59 Å². The maximum Gasteiger partial charge on any atom is 0.253 e. The van der Waals surface area contributed by atoms with Crippen LogP contribution in [0.3, 0.4) is 0 Å². The van der Waals surface area contributed by atoms with Crippen LogP contribution in [0.1, 0.15) is 35.2 Å². The Morgan fingerprint density at radius 2 is 2.00 bits per heavy atom. The number of methoxy groups -OCH3 is 1. The van der Waals surface area contributed by atoms with Crippen LogP contribution in [0.25, 0.3) is 0 Å². The highest BCUT2D eigenvalue weighted by atomic mass is 35.5. The predicted molar refractivity (Wildman–Crippen MR) is 115 cm³/mol. The number of hydrogen-bond donors (Lipinski definition) is 1. The first-order valence-corrected chi connectivity index (χ1v) is 10.3. The number of carbonyl (C=O) groups excluding carboxylic acids is 2. The van der Waals surface area contributed by atoms with Crippen molar-refractivity contribution < 1.29 is 19.1 Å². The summed E-state index contributed by atoms with van der Waals surface area (Å²) in [5, 5.41) is 0.577. The van der Waals surface area contributed by atoms with Gasteiger partial charge in [0.2, 0.25) is 5.91 Å². The third kappa shape index (κ3) is 5.74. The van der Waals surface area contributed by atoms with Crippen LogP contribution in [0.4, 0.5) is 0 Å². The molecule has 2 N–H and O–H groups in total. The van der Waals surface area contributed by atoms with E-state index in [9.17, 15) is 9.59 Å². The molecule has 3 rings (SSSR count). The van der Waals surface area contributed by atoms with Gasteiger partial charge in [0.15, 0.2) is 0 Å². The molecule has 1 atom stereocenters. The van der Waals surface area contributed by atoms with E-state index in [0.717, 1.165) is 18.4 Å². The molecule has 0 bridgehead atoms. The van der Waals surface area contributed by atoms with Crippen molar-refractivity contribution in [3.05, 3.63) is 64.7 Å². The lowest BCUT2D eigenvalue weighted by Crippen LogP contribution is -2.50. The van der Waals surface area contributed by atoms with Gasteiger partial charge in [-0.25, -0.2) is 0 Å². The summed E-state index contributed by atoms with van der Waals surface area (Å²) < 4.78 is 11.1. The number of nitrogens with zero attached hydrogens (tertiary/aromatic N) is 1. The number of piperidine rings is 1. The Hall–Kier alpha value is -2.57. The van der Waals surface area contributed by atoms with Gasteiger partial charge in [0, 0.05) is 42.6 Å². The quantitative estimate of drug-likeness (QED) is 0.692. The Labute approximate surface area is 181 Å². The Balaban J connectivity index is 1.76. The van der Waals surface area contributed by atoms with E-state index >= 15 is 0 Å². The van der Waals surface area contributed by atoms with E-state index in [1.54, 1.807) is 30.2 Å². The number of halogens is 1. The predicted octanol–water partition coefficient (Wildman–Crippen LogP) is 3.66. The average Bonchev–Trinajstić information content (AvgIpc) is 2.72. The van der Waals surface area contributed by atoms with Gasteiger partial charge >= 0.3 is 0 Å². The van der Waals surface area contributed by atoms with Gasteiger partial charge in [-0.15, -0.1) is 0 Å². The summed E-state index contributed by atoms with van der Waals surface area (Å²) in [7, 11) is 1.62.